The maximum Gasteiger partial charge on any atom is 0.0771 e. The van der Waals surface area contributed by atoms with Crippen molar-refractivity contribution in [3.8, 4) is 0 Å². The van der Waals surface area contributed by atoms with E-state index in [0.29, 0.717) is 6.54 Å². The van der Waals surface area contributed by atoms with Crippen molar-refractivity contribution in [2.24, 2.45) is 0 Å². The summed E-state index contributed by atoms with van der Waals surface area (Å²) in [6.45, 7) is 1.45. The molecule has 4 heteroatoms. The Morgan fingerprint density at radius 1 is 1.47 bits per heavy atom. The van der Waals surface area contributed by atoms with Gasteiger partial charge in [-0.1, -0.05) is 12.8 Å². The van der Waals surface area contributed by atoms with Gasteiger partial charge in [-0.15, -0.1) is 11.3 Å². The van der Waals surface area contributed by atoms with E-state index in [2.05, 4.69) is 5.32 Å². The Kier molecular flexibility index (Phi) is 3.29. The van der Waals surface area contributed by atoms with Gasteiger partial charge >= 0.3 is 0 Å². The highest BCUT2D eigenvalue weighted by Gasteiger charge is 2.30. The SMILES string of the molecule is Nc1ccsc1CNCC1(O)CCCC1. The largest absolute Gasteiger partial charge is 0.398 e. The molecule has 1 heterocycles. The second-order valence-electron chi connectivity index (χ2n) is 4.33. The fourth-order valence-corrected chi connectivity index (χ4v) is 2.88. The van der Waals surface area contributed by atoms with Crippen molar-refractivity contribution in [2.45, 2.75) is 37.8 Å². The lowest BCUT2D eigenvalue weighted by molar-refractivity contribution is 0.0475. The van der Waals surface area contributed by atoms with Crippen LogP contribution in [0.25, 0.3) is 0 Å². The molecule has 3 nitrogen and oxygen atoms in total. The summed E-state index contributed by atoms with van der Waals surface area (Å²) < 4.78 is 0. The van der Waals surface area contributed by atoms with Gasteiger partial charge in [0.15, 0.2) is 0 Å². The molecule has 15 heavy (non-hydrogen) atoms. The number of nitrogen functional groups attached to an aromatic ring is 1. The molecular formula is C11H18N2OS. The minimum absolute atomic E-state index is 0.466. The minimum atomic E-state index is -0.466. The van der Waals surface area contributed by atoms with Gasteiger partial charge in [0, 0.05) is 23.7 Å². The van der Waals surface area contributed by atoms with Crippen LogP contribution < -0.4 is 11.1 Å². The third-order valence-electron chi connectivity index (χ3n) is 3.05. The lowest BCUT2D eigenvalue weighted by atomic mass is 10.0. The number of aliphatic hydroxyl groups is 1. The first-order valence-corrected chi connectivity index (χ1v) is 6.33. The average Bonchev–Trinajstić information content (AvgIpc) is 2.78. The molecule has 1 aromatic rings. The zero-order valence-corrected chi connectivity index (χ0v) is 9.65. The molecule has 0 spiro atoms. The van der Waals surface area contributed by atoms with Crippen LogP contribution in [0, 0.1) is 0 Å². The fourth-order valence-electron chi connectivity index (χ4n) is 2.11. The standard InChI is InChI=1S/C11H18N2OS/c12-9-3-6-15-10(9)7-13-8-11(14)4-1-2-5-11/h3,6,13-14H,1-2,4-5,7-8,12H2. The zero-order valence-electron chi connectivity index (χ0n) is 8.83. The summed E-state index contributed by atoms with van der Waals surface area (Å²) in [5.74, 6) is 0. The van der Waals surface area contributed by atoms with Crippen LogP contribution in [0.4, 0.5) is 5.69 Å². The van der Waals surface area contributed by atoms with Gasteiger partial charge in [0.25, 0.3) is 0 Å². The summed E-state index contributed by atoms with van der Waals surface area (Å²) in [6.07, 6.45) is 4.17. The second-order valence-corrected chi connectivity index (χ2v) is 5.33. The first kappa shape index (κ1) is 10.9. The maximum atomic E-state index is 10.1. The first-order chi connectivity index (χ1) is 7.20. The van der Waals surface area contributed by atoms with Crippen LogP contribution in [0.3, 0.4) is 0 Å². The number of rotatable bonds is 4. The van der Waals surface area contributed by atoms with Crippen LogP contribution in [0.5, 0.6) is 0 Å². The van der Waals surface area contributed by atoms with Crippen LogP contribution in [-0.4, -0.2) is 17.3 Å². The number of nitrogens with one attached hydrogen (secondary N) is 1. The smallest absolute Gasteiger partial charge is 0.0771 e. The van der Waals surface area contributed by atoms with E-state index in [9.17, 15) is 5.11 Å². The van der Waals surface area contributed by atoms with Gasteiger partial charge in [0.1, 0.15) is 0 Å². The van der Waals surface area contributed by atoms with Gasteiger partial charge in [-0.2, -0.15) is 0 Å². The highest BCUT2D eigenvalue weighted by molar-refractivity contribution is 7.10. The number of anilines is 1. The van der Waals surface area contributed by atoms with Gasteiger partial charge < -0.3 is 16.2 Å². The third-order valence-corrected chi connectivity index (χ3v) is 3.99. The predicted molar refractivity (Wildman–Crippen MR) is 63.9 cm³/mol. The van der Waals surface area contributed by atoms with Crippen LogP contribution in [0.2, 0.25) is 0 Å². The summed E-state index contributed by atoms with van der Waals surface area (Å²) in [5.41, 5.74) is 6.16. The molecule has 0 amide bonds. The molecule has 1 aromatic heterocycles. The highest BCUT2D eigenvalue weighted by Crippen LogP contribution is 2.28. The van der Waals surface area contributed by atoms with E-state index in [1.807, 2.05) is 11.4 Å². The van der Waals surface area contributed by atoms with E-state index in [0.717, 1.165) is 42.8 Å². The van der Waals surface area contributed by atoms with Crippen LogP contribution >= 0.6 is 11.3 Å². The zero-order chi connectivity index (χ0) is 10.7. The summed E-state index contributed by atoms with van der Waals surface area (Å²) >= 11 is 1.66. The molecule has 4 N–H and O–H groups in total. The Morgan fingerprint density at radius 2 is 2.20 bits per heavy atom. The highest BCUT2D eigenvalue weighted by atomic mass is 32.1. The summed E-state index contributed by atoms with van der Waals surface area (Å²) in [4.78, 5) is 1.16. The van der Waals surface area contributed by atoms with Crippen molar-refractivity contribution >= 4 is 17.0 Å². The van der Waals surface area contributed by atoms with Crippen molar-refractivity contribution in [2.75, 3.05) is 12.3 Å². The van der Waals surface area contributed by atoms with Crippen LogP contribution in [0.15, 0.2) is 11.4 Å². The van der Waals surface area contributed by atoms with Gasteiger partial charge in [-0.3, -0.25) is 0 Å². The average molecular weight is 226 g/mol. The molecule has 0 aliphatic heterocycles. The molecule has 0 atom stereocenters. The van der Waals surface area contributed by atoms with E-state index < -0.39 is 5.60 Å². The predicted octanol–water partition coefficient (Wildman–Crippen LogP) is 1.73. The molecule has 1 aliphatic rings. The lowest BCUT2D eigenvalue weighted by Gasteiger charge is -2.22. The molecule has 0 saturated heterocycles. The topological polar surface area (TPSA) is 58.3 Å². The summed E-state index contributed by atoms with van der Waals surface area (Å²) in [7, 11) is 0. The molecule has 2 rings (SSSR count). The van der Waals surface area contributed by atoms with Crippen LogP contribution in [-0.2, 0) is 6.54 Å². The Hall–Kier alpha value is -0.580. The molecule has 0 radical (unpaired) electrons. The van der Waals surface area contributed by atoms with Gasteiger partial charge in [0.05, 0.1) is 5.60 Å². The number of nitrogens with two attached hydrogens (primary N) is 1. The van der Waals surface area contributed by atoms with E-state index in [-0.39, 0.29) is 0 Å². The van der Waals surface area contributed by atoms with Gasteiger partial charge in [-0.05, 0) is 24.3 Å². The minimum Gasteiger partial charge on any atom is -0.398 e. The Balaban J connectivity index is 1.77. The monoisotopic (exact) mass is 226 g/mol. The van der Waals surface area contributed by atoms with E-state index in [1.165, 1.54) is 0 Å². The van der Waals surface area contributed by atoms with Crippen LogP contribution in [0.1, 0.15) is 30.6 Å². The number of hydrogen-bond acceptors (Lipinski definition) is 4. The Labute approximate surface area is 94.3 Å². The van der Waals surface area contributed by atoms with Crippen molar-refractivity contribution in [1.82, 2.24) is 5.32 Å². The lowest BCUT2D eigenvalue weighted by Crippen LogP contribution is -2.37. The molecule has 1 aliphatic carbocycles. The van der Waals surface area contributed by atoms with E-state index >= 15 is 0 Å². The number of thiophene rings is 1. The third kappa shape index (κ3) is 2.71. The molecule has 0 bridgehead atoms. The fraction of sp³-hybridized carbons (Fsp3) is 0.636. The van der Waals surface area contributed by atoms with E-state index in [1.54, 1.807) is 11.3 Å². The number of hydrogen-bond donors (Lipinski definition) is 3. The summed E-state index contributed by atoms with van der Waals surface area (Å²) in [6, 6.07) is 1.92. The normalized spacial score (nSPS) is 19.5. The Bertz CT molecular complexity index is 318. The van der Waals surface area contributed by atoms with Crippen molar-refractivity contribution < 1.29 is 5.11 Å². The van der Waals surface area contributed by atoms with Gasteiger partial charge in [-0.25, -0.2) is 0 Å². The molecule has 1 saturated carbocycles. The van der Waals surface area contributed by atoms with Crippen molar-refractivity contribution in [3.05, 3.63) is 16.3 Å². The second kappa shape index (κ2) is 4.51. The van der Waals surface area contributed by atoms with Gasteiger partial charge in [0.2, 0.25) is 0 Å². The Morgan fingerprint density at radius 3 is 2.80 bits per heavy atom. The van der Waals surface area contributed by atoms with Crippen molar-refractivity contribution in [1.29, 1.82) is 0 Å². The molecule has 0 unspecified atom stereocenters. The molecular weight excluding hydrogens is 208 g/mol. The molecule has 1 fully saturated rings. The quantitative estimate of drug-likeness (QED) is 0.732. The summed E-state index contributed by atoms with van der Waals surface area (Å²) in [5, 5.41) is 15.4. The van der Waals surface area contributed by atoms with E-state index in [4.69, 9.17) is 5.73 Å². The maximum absolute atomic E-state index is 10.1. The molecule has 0 aromatic carbocycles. The molecule has 84 valence electrons. The van der Waals surface area contributed by atoms with Crippen molar-refractivity contribution in [3.63, 3.8) is 0 Å². The first-order valence-electron chi connectivity index (χ1n) is 5.45.